The highest BCUT2D eigenvalue weighted by molar-refractivity contribution is 5.99. The quantitative estimate of drug-likeness (QED) is 0.125. The molecular weight excluding hydrogens is 482 g/mol. The molecule has 0 fully saturated rings. The molecule has 0 aromatic rings. The molecule has 10 heteroatoms. The molecular formula is C27H40F2N4O4. The zero-order valence-electron chi connectivity index (χ0n) is 22.1. The number of carbonyl (C=O) groups excluding carboxylic acids is 2. The van der Waals surface area contributed by atoms with Crippen LogP contribution in [0.5, 0.6) is 0 Å². The highest BCUT2D eigenvalue weighted by Gasteiger charge is 2.19. The maximum Gasteiger partial charge on any atom is 0.247 e. The Kier molecular flexibility index (Phi) is 14.8. The van der Waals surface area contributed by atoms with E-state index < -0.39 is 23.3 Å². The lowest BCUT2D eigenvalue weighted by atomic mass is 9.98. The van der Waals surface area contributed by atoms with E-state index >= 15 is 0 Å². The number of amides is 1. The number of hydrazine groups is 1. The first kappa shape index (κ1) is 31.8. The van der Waals surface area contributed by atoms with Crippen LogP contribution in [0.25, 0.3) is 0 Å². The summed E-state index contributed by atoms with van der Waals surface area (Å²) in [4.78, 5) is 22.1. The lowest BCUT2D eigenvalue weighted by molar-refractivity contribution is -0.119. The van der Waals surface area contributed by atoms with E-state index in [9.17, 15) is 18.4 Å². The van der Waals surface area contributed by atoms with Crippen molar-refractivity contribution in [3.8, 4) is 0 Å². The van der Waals surface area contributed by atoms with Crippen molar-refractivity contribution in [1.29, 1.82) is 0 Å². The van der Waals surface area contributed by atoms with Gasteiger partial charge in [-0.25, -0.2) is 13.8 Å². The third-order valence-corrected chi connectivity index (χ3v) is 5.32. The summed E-state index contributed by atoms with van der Waals surface area (Å²) in [6.07, 6.45) is 13.6. The average Bonchev–Trinajstić information content (AvgIpc) is 3.29. The predicted octanol–water partition coefficient (Wildman–Crippen LogP) is 4.04. The molecule has 1 amide bonds. The van der Waals surface area contributed by atoms with Crippen molar-refractivity contribution < 1.29 is 28.2 Å². The fraction of sp³-hybridized carbons (Fsp3) is 0.481. The monoisotopic (exact) mass is 522 g/mol. The van der Waals surface area contributed by atoms with E-state index in [4.69, 9.17) is 9.84 Å². The van der Waals surface area contributed by atoms with Crippen LogP contribution in [0.3, 0.4) is 0 Å². The van der Waals surface area contributed by atoms with Crippen molar-refractivity contribution in [3.63, 3.8) is 0 Å². The van der Waals surface area contributed by atoms with E-state index in [1.165, 1.54) is 13.0 Å². The smallest absolute Gasteiger partial charge is 0.247 e. The van der Waals surface area contributed by atoms with Crippen molar-refractivity contribution in [3.05, 3.63) is 72.4 Å². The molecule has 2 aliphatic rings. The van der Waals surface area contributed by atoms with Crippen LogP contribution in [-0.2, 0) is 14.3 Å². The van der Waals surface area contributed by atoms with Gasteiger partial charge in [0, 0.05) is 70.7 Å². The van der Waals surface area contributed by atoms with Gasteiger partial charge in [-0.15, -0.1) is 6.58 Å². The van der Waals surface area contributed by atoms with E-state index in [2.05, 4.69) is 22.6 Å². The number of nitrogens with one attached hydrogen (secondary N) is 3. The van der Waals surface area contributed by atoms with Gasteiger partial charge in [-0.1, -0.05) is 12.2 Å². The van der Waals surface area contributed by atoms with Gasteiger partial charge < -0.3 is 25.9 Å². The molecule has 2 rings (SSSR count). The van der Waals surface area contributed by atoms with Crippen molar-refractivity contribution >= 4 is 11.7 Å². The summed E-state index contributed by atoms with van der Waals surface area (Å²) in [5.41, 5.74) is 3.00. The summed E-state index contributed by atoms with van der Waals surface area (Å²) in [5.74, 6) is -1.80. The van der Waals surface area contributed by atoms with E-state index in [0.29, 0.717) is 19.5 Å². The molecule has 0 aromatic carbocycles. The number of halogens is 2. The molecule has 0 aromatic heterocycles. The zero-order chi connectivity index (χ0) is 27.8. The lowest BCUT2D eigenvalue weighted by Gasteiger charge is -2.19. The Morgan fingerprint density at radius 2 is 2.00 bits per heavy atom. The molecule has 0 radical (unpaired) electrons. The molecule has 0 saturated heterocycles. The number of allylic oxidation sites excluding steroid dienone is 6. The maximum absolute atomic E-state index is 13.4. The number of carbonyl (C=O) groups is 2. The number of aliphatic hydroxyl groups is 1. The molecule has 8 nitrogen and oxygen atoms in total. The van der Waals surface area contributed by atoms with Gasteiger partial charge in [-0.2, -0.15) is 0 Å². The van der Waals surface area contributed by atoms with Gasteiger partial charge in [0.1, 0.15) is 17.8 Å². The summed E-state index contributed by atoms with van der Waals surface area (Å²) in [6, 6.07) is 0.126. The Bertz CT molecular complexity index is 925. The minimum atomic E-state index is -0.547. The summed E-state index contributed by atoms with van der Waals surface area (Å²) in [6.45, 7) is 7.66. The first-order chi connectivity index (χ1) is 17.5. The van der Waals surface area contributed by atoms with Crippen molar-refractivity contribution in [1.82, 2.24) is 21.1 Å². The zero-order valence-corrected chi connectivity index (χ0v) is 22.1. The second kappa shape index (κ2) is 17.3. The number of rotatable bonds is 13. The standard InChI is InChI=1S/C14H19NO4.C13H21F2N3/c1-3-4-5-11-6-7-12(19-11)9-15-14(18)8-13(17)10(2)16;1-10(6-7-17-18(2)3)16-9-11-4-5-12(14)8-13(11)15/h3,6,8,12,17H,1,4-5,7,9H2,2H3,(H,15,18);5-8,10-11,16-17H,4,9H2,1-3H3/b13-8-;7-6+. The summed E-state index contributed by atoms with van der Waals surface area (Å²) >= 11 is 0. The van der Waals surface area contributed by atoms with E-state index in [1.54, 1.807) is 0 Å². The van der Waals surface area contributed by atoms with Gasteiger partial charge >= 0.3 is 0 Å². The maximum atomic E-state index is 13.4. The van der Waals surface area contributed by atoms with Crippen LogP contribution in [0.4, 0.5) is 8.78 Å². The molecule has 3 atom stereocenters. The second-order valence-corrected chi connectivity index (χ2v) is 8.93. The molecule has 0 bridgehead atoms. The van der Waals surface area contributed by atoms with Gasteiger partial charge in [0.05, 0.1) is 12.3 Å². The molecule has 1 heterocycles. The molecule has 37 heavy (non-hydrogen) atoms. The first-order valence-corrected chi connectivity index (χ1v) is 12.2. The first-order valence-electron chi connectivity index (χ1n) is 12.2. The highest BCUT2D eigenvalue weighted by atomic mass is 19.1. The highest BCUT2D eigenvalue weighted by Crippen LogP contribution is 2.25. The number of ketones is 1. The molecule has 0 saturated carbocycles. The fourth-order valence-electron chi connectivity index (χ4n) is 3.18. The van der Waals surface area contributed by atoms with Gasteiger partial charge in [0.15, 0.2) is 11.5 Å². The Morgan fingerprint density at radius 3 is 2.62 bits per heavy atom. The Labute approximate surface area is 218 Å². The van der Waals surface area contributed by atoms with Gasteiger partial charge in [0.2, 0.25) is 5.91 Å². The third-order valence-electron chi connectivity index (χ3n) is 5.32. The SMILES string of the molecule is C=CCCC1=CCC(CNC(=O)/C=C(\O)C(C)=O)O1.CC(/C=C/NN(C)C)NCC1CC=C(F)C=C1F. The second-order valence-electron chi connectivity index (χ2n) is 8.93. The number of hydrogen-bond acceptors (Lipinski definition) is 7. The van der Waals surface area contributed by atoms with Gasteiger partial charge in [0.25, 0.3) is 0 Å². The molecule has 0 spiro atoms. The fourth-order valence-corrected chi connectivity index (χ4v) is 3.18. The number of ether oxygens (including phenoxy) is 1. The molecule has 3 unspecified atom stereocenters. The average molecular weight is 523 g/mol. The largest absolute Gasteiger partial charge is 0.504 e. The lowest BCUT2D eigenvalue weighted by Crippen LogP contribution is -2.31. The van der Waals surface area contributed by atoms with Crippen LogP contribution in [-0.4, -0.2) is 61.1 Å². The van der Waals surface area contributed by atoms with Crippen LogP contribution in [0.2, 0.25) is 0 Å². The van der Waals surface area contributed by atoms with E-state index in [1.807, 2.05) is 50.5 Å². The van der Waals surface area contributed by atoms with E-state index in [0.717, 1.165) is 37.2 Å². The normalized spacial score (nSPS) is 20.2. The minimum absolute atomic E-state index is 0.0864. The van der Waals surface area contributed by atoms with Crippen molar-refractivity contribution in [2.24, 2.45) is 5.92 Å². The van der Waals surface area contributed by atoms with Gasteiger partial charge in [-0.3, -0.25) is 9.59 Å². The van der Waals surface area contributed by atoms with Crippen LogP contribution in [0, 0.1) is 5.92 Å². The topological polar surface area (TPSA) is 103 Å². The predicted molar refractivity (Wildman–Crippen MR) is 141 cm³/mol. The van der Waals surface area contributed by atoms with Crippen LogP contribution in [0.1, 0.15) is 39.5 Å². The minimum Gasteiger partial charge on any atom is -0.504 e. The summed E-state index contributed by atoms with van der Waals surface area (Å²) in [5, 5.41) is 16.7. The van der Waals surface area contributed by atoms with Crippen molar-refractivity contribution in [2.75, 3.05) is 27.2 Å². The van der Waals surface area contributed by atoms with Crippen LogP contribution < -0.4 is 16.1 Å². The van der Waals surface area contributed by atoms with E-state index in [-0.39, 0.29) is 23.9 Å². The van der Waals surface area contributed by atoms with Crippen molar-refractivity contribution in [2.45, 2.75) is 51.7 Å². The Hall–Kier alpha value is -3.24. The Balaban J connectivity index is 0.000000371. The number of hydrogen-bond donors (Lipinski definition) is 4. The Morgan fingerprint density at radius 1 is 1.27 bits per heavy atom. The number of Topliss-reactive ketones (excluding diaryl/α,β-unsaturated/α-hetero) is 1. The third kappa shape index (κ3) is 14.2. The summed E-state index contributed by atoms with van der Waals surface area (Å²) in [7, 11) is 3.79. The van der Waals surface area contributed by atoms with Crippen LogP contribution >= 0.6 is 0 Å². The van der Waals surface area contributed by atoms with Crippen LogP contribution in [0.15, 0.2) is 72.4 Å². The molecule has 1 aliphatic carbocycles. The summed E-state index contributed by atoms with van der Waals surface area (Å²) < 4.78 is 31.8. The molecule has 1 aliphatic heterocycles. The number of nitrogens with zero attached hydrogens (tertiary/aromatic N) is 1. The number of aliphatic hydroxyl groups excluding tert-OH is 1. The molecule has 206 valence electrons. The van der Waals surface area contributed by atoms with Gasteiger partial charge in [-0.05, 0) is 31.9 Å². The molecule has 4 N–H and O–H groups in total.